The standard InChI is InChI=1S/C8H15N3/c1-3-4-6-11-7-5-10-8(11)9-2/h5,7H,3-4,6H2,1-2H3,(H,9,10). The first-order valence-electron chi connectivity index (χ1n) is 4.07. The molecule has 0 aromatic carbocycles. The molecule has 0 spiro atoms. The van der Waals surface area contributed by atoms with Crippen LogP contribution in [-0.4, -0.2) is 16.6 Å². The lowest BCUT2D eigenvalue weighted by atomic mass is 10.3. The van der Waals surface area contributed by atoms with Gasteiger partial charge < -0.3 is 9.88 Å². The minimum absolute atomic E-state index is 0.957. The molecule has 0 radical (unpaired) electrons. The van der Waals surface area contributed by atoms with Crippen LogP contribution >= 0.6 is 0 Å². The van der Waals surface area contributed by atoms with Crippen molar-refractivity contribution in [3.8, 4) is 0 Å². The fourth-order valence-corrected chi connectivity index (χ4v) is 1.05. The Kier molecular flexibility index (Phi) is 2.95. The summed E-state index contributed by atoms with van der Waals surface area (Å²) in [6.45, 7) is 3.25. The number of hydrogen-bond acceptors (Lipinski definition) is 2. The summed E-state index contributed by atoms with van der Waals surface area (Å²) in [5.74, 6) is 0.957. The van der Waals surface area contributed by atoms with E-state index in [1.807, 2.05) is 19.4 Å². The number of hydrogen-bond donors (Lipinski definition) is 1. The van der Waals surface area contributed by atoms with Crippen molar-refractivity contribution in [3.05, 3.63) is 12.4 Å². The summed E-state index contributed by atoms with van der Waals surface area (Å²) in [6, 6.07) is 0. The van der Waals surface area contributed by atoms with Crippen molar-refractivity contribution >= 4 is 5.95 Å². The smallest absolute Gasteiger partial charge is 0.202 e. The summed E-state index contributed by atoms with van der Waals surface area (Å²) in [5, 5.41) is 3.04. The molecule has 3 heteroatoms. The van der Waals surface area contributed by atoms with E-state index in [1.54, 1.807) is 0 Å². The van der Waals surface area contributed by atoms with Crippen LogP contribution in [0.3, 0.4) is 0 Å². The van der Waals surface area contributed by atoms with Crippen LogP contribution in [0.1, 0.15) is 19.8 Å². The minimum Gasteiger partial charge on any atom is -0.359 e. The second-order valence-electron chi connectivity index (χ2n) is 2.55. The molecule has 1 N–H and O–H groups in total. The van der Waals surface area contributed by atoms with Gasteiger partial charge in [-0.15, -0.1) is 0 Å². The van der Waals surface area contributed by atoms with Crippen molar-refractivity contribution in [2.75, 3.05) is 12.4 Å². The summed E-state index contributed by atoms with van der Waals surface area (Å²) < 4.78 is 2.13. The minimum atomic E-state index is 0.957. The maximum Gasteiger partial charge on any atom is 0.202 e. The van der Waals surface area contributed by atoms with Gasteiger partial charge in [-0.3, -0.25) is 0 Å². The van der Waals surface area contributed by atoms with Crippen LogP contribution in [0.5, 0.6) is 0 Å². The third-order valence-electron chi connectivity index (χ3n) is 1.69. The van der Waals surface area contributed by atoms with Gasteiger partial charge in [-0.05, 0) is 6.42 Å². The van der Waals surface area contributed by atoms with E-state index in [2.05, 4.69) is 21.8 Å². The van der Waals surface area contributed by atoms with Crippen molar-refractivity contribution in [2.45, 2.75) is 26.3 Å². The molecule has 3 nitrogen and oxygen atoms in total. The Morgan fingerprint density at radius 2 is 2.45 bits per heavy atom. The number of unbranched alkanes of at least 4 members (excludes halogenated alkanes) is 1. The highest BCUT2D eigenvalue weighted by Gasteiger charge is 1.96. The molecule has 1 heterocycles. The molecule has 0 fully saturated rings. The lowest BCUT2D eigenvalue weighted by molar-refractivity contribution is 0.637. The number of anilines is 1. The third-order valence-corrected chi connectivity index (χ3v) is 1.69. The molecule has 0 aliphatic carbocycles. The van der Waals surface area contributed by atoms with Crippen LogP contribution in [0.15, 0.2) is 12.4 Å². The molecule has 0 bridgehead atoms. The Balaban J connectivity index is 2.54. The van der Waals surface area contributed by atoms with Gasteiger partial charge in [-0.25, -0.2) is 4.98 Å². The van der Waals surface area contributed by atoms with Gasteiger partial charge in [0, 0.05) is 26.0 Å². The molecule has 1 aromatic rings. The largest absolute Gasteiger partial charge is 0.359 e. The normalized spacial score (nSPS) is 10.0. The molecular formula is C8H15N3. The zero-order valence-corrected chi connectivity index (χ0v) is 7.17. The zero-order valence-electron chi connectivity index (χ0n) is 7.17. The highest BCUT2D eigenvalue weighted by molar-refractivity contribution is 5.23. The van der Waals surface area contributed by atoms with Gasteiger partial charge in [-0.2, -0.15) is 0 Å². The molecule has 0 saturated heterocycles. The lowest BCUT2D eigenvalue weighted by Gasteiger charge is -2.04. The van der Waals surface area contributed by atoms with Gasteiger partial charge in [0.2, 0.25) is 5.95 Å². The summed E-state index contributed by atoms with van der Waals surface area (Å²) in [6.07, 6.45) is 6.26. The van der Waals surface area contributed by atoms with Crippen LogP contribution in [-0.2, 0) is 6.54 Å². The van der Waals surface area contributed by atoms with Gasteiger partial charge in [0.25, 0.3) is 0 Å². The molecule has 62 valence electrons. The van der Waals surface area contributed by atoms with Gasteiger partial charge in [-0.1, -0.05) is 13.3 Å². The molecule has 1 aromatic heterocycles. The third kappa shape index (κ3) is 1.97. The van der Waals surface area contributed by atoms with Gasteiger partial charge >= 0.3 is 0 Å². The van der Waals surface area contributed by atoms with Crippen LogP contribution in [0.25, 0.3) is 0 Å². The molecule has 0 atom stereocenters. The SMILES string of the molecule is CCCCn1ccnc1NC. The van der Waals surface area contributed by atoms with E-state index in [-0.39, 0.29) is 0 Å². The van der Waals surface area contributed by atoms with Crippen molar-refractivity contribution in [1.82, 2.24) is 9.55 Å². The molecular weight excluding hydrogens is 138 g/mol. The second-order valence-corrected chi connectivity index (χ2v) is 2.55. The zero-order chi connectivity index (χ0) is 8.10. The highest BCUT2D eigenvalue weighted by atomic mass is 15.2. The van der Waals surface area contributed by atoms with Crippen LogP contribution in [0.4, 0.5) is 5.95 Å². The summed E-state index contributed by atoms with van der Waals surface area (Å²) >= 11 is 0. The highest BCUT2D eigenvalue weighted by Crippen LogP contribution is 2.04. The van der Waals surface area contributed by atoms with Crippen molar-refractivity contribution in [3.63, 3.8) is 0 Å². The van der Waals surface area contributed by atoms with Crippen molar-refractivity contribution < 1.29 is 0 Å². The summed E-state index contributed by atoms with van der Waals surface area (Å²) in [4.78, 5) is 4.14. The van der Waals surface area contributed by atoms with E-state index in [0.29, 0.717) is 0 Å². The summed E-state index contributed by atoms with van der Waals surface area (Å²) in [5.41, 5.74) is 0. The van der Waals surface area contributed by atoms with Crippen molar-refractivity contribution in [2.24, 2.45) is 0 Å². The van der Waals surface area contributed by atoms with E-state index in [0.717, 1.165) is 12.5 Å². The van der Waals surface area contributed by atoms with E-state index in [4.69, 9.17) is 0 Å². The Labute approximate surface area is 67.4 Å². The Morgan fingerprint density at radius 3 is 3.09 bits per heavy atom. The topological polar surface area (TPSA) is 29.9 Å². The van der Waals surface area contributed by atoms with Crippen LogP contribution in [0, 0.1) is 0 Å². The molecule has 0 aliphatic rings. The predicted molar refractivity (Wildman–Crippen MR) is 46.7 cm³/mol. The predicted octanol–water partition coefficient (Wildman–Crippen LogP) is 1.72. The van der Waals surface area contributed by atoms with E-state index < -0.39 is 0 Å². The molecule has 0 aliphatic heterocycles. The lowest BCUT2D eigenvalue weighted by Crippen LogP contribution is -2.02. The quantitative estimate of drug-likeness (QED) is 0.713. The Bertz CT molecular complexity index is 205. The van der Waals surface area contributed by atoms with Gasteiger partial charge in [0.15, 0.2) is 0 Å². The van der Waals surface area contributed by atoms with Gasteiger partial charge in [0.1, 0.15) is 0 Å². The fraction of sp³-hybridized carbons (Fsp3) is 0.625. The van der Waals surface area contributed by atoms with E-state index in [9.17, 15) is 0 Å². The number of imidazole rings is 1. The van der Waals surface area contributed by atoms with Crippen LogP contribution in [0.2, 0.25) is 0 Å². The average Bonchev–Trinajstić information content (AvgIpc) is 2.47. The summed E-state index contributed by atoms with van der Waals surface area (Å²) in [7, 11) is 1.89. The first-order chi connectivity index (χ1) is 5.38. The van der Waals surface area contributed by atoms with Crippen molar-refractivity contribution in [1.29, 1.82) is 0 Å². The van der Waals surface area contributed by atoms with E-state index >= 15 is 0 Å². The Morgan fingerprint density at radius 1 is 1.64 bits per heavy atom. The molecule has 0 amide bonds. The number of rotatable bonds is 4. The number of aryl methyl sites for hydroxylation is 1. The first kappa shape index (κ1) is 8.11. The molecule has 0 unspecified atom stereocenters. The monoisotopic (exact) mass is 153 g/mol. The average molecular weight is 153 g/mol. The fourth-order valence-electron chi connectivity index (χ4n) is 1.05. The maximum absolute atomic E-state index is 4.14. The number of aromatic nitrogens is 2. The number of nitrogens with one attached hydrogen (secondary N) is 1. The maximum atomic E-state index is 4.14. The van der Waals surface area contributed by atoms with Gasteiger partial charge in [0.05, 0.1) is 0 Å². The molecule has 11 heavy (non-hydrogen) atoms. The molecule has 1 rings (SSSR count). The second kappa shape index (κ2) is 4.01. The molecule has 0 saturated carbocycles. The Hall–Kier alpha value is -0.990. The first-order valence-corrected chi connectivity index (χ1v) is 4.07. The van der Waals surface area contributed by atoms with Crippen LogP contribution < -0.4 is 5.32 Å². The van der Waals surface area contributed by atoms with E-state index in [1.165, 1.54) is 12.8 Å². The number of nitrogens with zero attached hydrogens (tertiary/aromatic N) is 2.